The molecule has 3 nitrogen and oxygen atoms in total. The Bertz CT molecular complexity index is 608. The summed E-state index contributed by atoms with van der Waals surface area (Å²) in [4.78, 5) is 10.3. The highest BCUT2D eigenvalue weighted by atomic mass is 79.9. The number of nitro groups is 1. The molecule has 2 rings (SSSR count). The first-order valence-electron chi connectivity index (χ1n) is 5.34. The van der Waals surface area contributed by atoms with E-state index in [4.69, 9.17) is 0 Å². The SMILES string of the molecule is O=[N+]([O-])c1cccc(C=Cc2ccccc2Br)c1. The van der Waals surface area contributed by atoms with Crippen molar-refractivity contribution < 1.29 is 4.92 Å². The van der Waals surface area contributed by atoms with E-state index in [0.717, 1.165) is 15.6 Å². The van der Waals surface area contributed by atoms with Gasteiger partial charge in [0.2, 0.25) is 0 Å². The van der Waals surface area contributed by atoms with Crippen LogP contribution < -0.4 is 0 Å². The molecule has 0 fully saturated rings. The molecule has 0 amide bonds. The van der Waals surface area contributed by atoms with E-state index in [1.807, 2.05) is 42.5 Å². The summed E-state index contributed by atoms with van der Waals surface area (Å²) in [6.07, 6.45) is 3.77. The highest BCUT2D eigenvalue weighted by Gasteiger charge is 2.03. The second-order valence-corrected chi connectivity index (χ2v) is 4.56. The fourth-order valence-corrected chi connectivity index (χ4v) is 1.96. The predicted molar refractivity (Wildman–Crippen MR) is 76.2 cm³/mol. The molecule has 0 N–H and O–H groups in total. The summed E-state index contributed by atoms with van der Waals surface area (Å²) in [5.74, 6) is 0. The molecule has 0 aromatic heterocycles. The largest absolute Gasteiger partial charge is 0.270 e. The molecule has 0 radical (unpaired) electrons. The molecular formula is C14H10BrNO2. The fraction of sp³-hybridized carbons (Fsp3) is 0. The molecule has 0 heterocycles. The van der Waals surface area contributed by atoms with Crippen molar-refractivity contribution in [3.05, 3.63) is 74.2 Å². The lowest BCUT2D eigenvalue weighted by molar-refractivity contribution is -0.384. The number of halogens is 1. The molecule has 90 valence electrons. The monoisotopic (exact) mass is 303 g/mol. The van der Waals surface area contributed by atoms with Gasteiger partial charge in [-0.15, -0.1) is 0 Å². The Morgan fingerprint density at radius 1 is 1.06 bits per heavy atom. The molecule has 0 saturated heterocycles. The van der Waals surface area contributed by atoms with E-state index in [2.05, 4.69) is 15.9 Å². The van der Waals surface area contributed by atoms with Crippen molar-refractivity contribution in [2.75, 3.05) is 0 Å². The quantitative estimate of drug-likeness (QED) is 0.475. The highest BCUT2D eigenvalue weighted by Crippen LogP contribution is 2.20. The number of nitrogens with zero attached hydrogens (tertiary/aromatic N) is 1. The van der Waals surface area contributed by atoms with Crippen LogP contribution in [0.25, 0.3) is 12.2 Å². The van der Waals surface area contributed by atoms with Crippen molar-refractivity contribution in [1.29, 1.82) is 0 Å². The maximum Gasteiger partial charge on any atom is 0.270 e. The van der Waals surface area contributed by atoms with Gasteiger partial charge in [-0.1, -0.05) is 58.4 Å². The number of hydrogen-bond acceptors (Lipinski definition) is 2. The zero-order valence-electron chi connectivity index (χ0n) is 9.42. The lowest BCUT2D eigenvalue weighted by atomic mass is 10.1. The van der Waals surface area contributed by atoms with E-state index in [9.17, 15) is 10.1 Å². The van der Waals surface area contributed by atoms with Gasteiger partial charge in [0.05, 0.1) is 4.92 Å². The van der Waals surface area contributed by atoms with Gasteiger partial charge in [-0.25, -0.2) is 0 Å². The topological polar surface area (TPSA) is 43.1 Å². The van der Waals surface area contributed by atoms with E-state index in [0.29, 0.717) is 0 Å². The lowest BCUT2D eigenvalue weighted by Gasteiger charge is -1.97. The lowest BCUT2D eigenvalue weighted by Crippen LogP contribution is -1.87. The first-order chi connectivity index (χ1) is 8.66. The normalized spacial score (nSPS) is 10.7. The molecule has 0 aliphatic rings. The van der Waals surface area contributed by atoms with Crippen LogP contribution in [-0.2, 0) is 0 Å². The maximum absolute atomic E-state index is 10.7. The Balaban J connectivity index is 2.27. The van der Waals surface area contributed by atoms with E-state index in [-0.39, 0.29) is 5.69 Å². The van der Waals surface area contributed by atoms with Crippen LogP contribution in [0.15, 0.2) is 53.0 Å². The molecule has 0 atom stereocenters. The second kappa shape index (κ2) is 5.60. The molecule has 18 heavy (non-hydrogen) atoms. The van der Waals surface area contributed by atoms with Crippen molar-refractivity contribution in [2.45, 2.75) is 0 Å². The van der Waals surface area contributed by atoms with Gasteiger partial charge in [-0.3, -0.25) is 10.1 Å². The molecule has 2 aromatic rings. The Morgan fingerprint density at radius 3 is 2.56 bits per heavy atom. The minimum atomic E-state index is -0.393. The number of rotatable bonds is 3. The number of hydrogen-bond donors (Lipinski definition) is 0. The minimum absolute atomic E-state index is 0.101. The average Bonchev–Trinajstić information content (AvgIpc) is 2.38. The molecule has 0 aliphatic carbocycles. The van der Waals surface area contributed by atoms with Crippen LogP contribution >= 0.6 is 15.9 Å². The Labute approximate surface area is 113 Å². The molecule has 2 aromatic carbocycles. The highest BCUT2D eigenvalue weighted by molar-refractivity contribution is 9.10. The Kier molecular flexibility index (Phi) is 3.89. The zero-order valence-corrected chi connectivity index (χ0v) is 11.0. The standard InChI is InChI=1S/C14H10BrNO2/c15-14-7-2-1-5-12(14)9-8-11-4-3-6-13(10-11)16(17)18/h1-10H. The third-order valence-electron chi connectivity index (χ3n) is 2.44. The van der Waals surface area contributed by atoms with Crippen LogP contribution in [0, 0.1) is 10.1 Å². The number of benzene rings is 2. The van der Waals surface area contributed by atoms with Crippen molar-refractivity contribution >= 4 is 33.8 Å². The molecule has 0 aliphatic heterocycles. The molecule has 0 spiro atoms. The van der Waals surface area contributed by atoms with E-state index in [1.54, 1.807) is 12.1 Å². The van der Waals surface area contributed by atoms with Crippen LogP contribution in [0.2, 0.25) is 0 Å². The van der Waals surface area contributed by atoms with Crippen LogP contribution in [0.1, 0.15) is 11.1 Å². The average molecular weight is 304 g/mol. The molecule has 0 bridgehead atoms. The summed E-state index contributed by atoms with van der Waals surface area (Å²) in [7, 11) is 0. The third kappa shape index (κ3) is 3.05. The van der Waals surface area contributed by atoms with Gasteiger partial charge in [0.25, 0.3) is 5.69 Å². The van der Waals surface area contributed by atoms with E-state index >= 15 is 0 Å². The van der Waals surface area contributed by atoms with Crippen LogP contribution in [-0.4, -0.2) is 4.92 Å². The van der Waals surface area contributed by atoms with Crippen LogP contribution in [0.3, 0.4) is 0 Å². The zero-order chi connectivity index (χ0) is 13.0. The fourth-order valence-electron chi connectivity index (χ4n) is 1.54. The predicted octanol–water partition coefficient (Wildman–Crippen LogP) is 4.53. The van der Waals surface area contributed by atoms with Gasteiger partial charge >= 0.3 is 0 Å². The first kappa shape index (κ1) is 12.5. The van der Waals surface area contributed by atoms with Crippen molar-refractivity contribution in [2.24, 2.45) is 0 Å². The first-order valence-corrected chi connectivity index (χ1v) is 6.13. The van der Waals surface area contributed by atoms with Gasteiger partial charge < -0.3 is 0 Å². The van der Waals surface area contributed by atoms with Crippen molar-refractivity contribution in [3.8, 4) is 0 Å². The molecule has 0 saturated carbocycles. The van der Waals surface area contributed by atoms with Gasteiger partial charge in [0, 0.05) is 16.6 Å². The van der Waals surface area contributed by atoms with Crippen molar-refractivity contribution in [1.82, 2.24) is 0 Å². The maximum atomic E-state index is 10.7. The number of non-ortho nitro benzene ring substituents is 1. The third-order valence-corrected chi connectivity index (χ3v) is 3.16. The van der Waals surface area contributed by atoms with E-state index in [1.165, 1.54) is 6.07 Å². The van der Waals surface area contributed by atoms with Crippen LogP contribution in [0.5, 0.6) is 0 Å². The summed E-state index contributed by atoms with van der Waals surface area (Å²) in [5, 5.41) is 10.7. The van der Waals surface area contributed by atoms with Gasteiger partial charge in [-0.05, 0) is 17.2 Å². The summed E-state index contributed by atoms with van der Waals surface area (Å²) >= 11 is 3.45. The minimum Gasteiger partial charge on any atom is -0.258 e. The van der Waals surface area contributed by atoms with Crippen molar-refractivity contribution in [3.63, 3.8) is 0 Å². The van der Waals surface area contributed by atoms with Gasteiger partial charge in [0.15, 0.2) is 0 Å². The van der Waals surface area contributed by atoms with Gasteiger partial charge in [0.1, 0.15) is 0 Å². The summed E-state index contributed by atoms with van der Waals surface area (Å²) < 4.78 is 0.992. The smallest absolute Gasteiger partial charge is 0.258 e. The second-order valence-electron chi connectivity index (χ2n) is 3.71. The molecule has 0 unspecified atom stereocenters. The van der Waals surface area contributed by atoms with Crippen LogP contribution in [0.4, 0.5) is 5.69 Å². The Morgan fingerprint density at radius 2 is 1.83 bits per heavy atom. The molecular weight excluding hydrogens is 294 g/mol. The number of nitro benzene ring substituents is 1. The molecule has 4 heteroatoms. The summed E-state index contributed by atoms with van der Waals surface area (Å²) in [5.41, 5.74) is 1.94. The summed E-state index contributed by atoms with van der Waals surface area (Å²) in [6.45, 7) is 0. The van der Waals surface area contributed by atoms with E-state index < -0.39 is 4.92 Å². The Hall–Kier alpha value is -1.94. The summed E-state index contributed by atoms with van der Waals surface area (Å²) in [6, 6.07) is 14.3. The van der Waals surface area contributed by atoms with Gasteiger partial charge in [-0.2, -0.15) is 0 Å².